The predicted octanol–water partition coefficient (Wildman–Crippen LogP) is 12.9. The topological polar surface area (TPSA) is 134 Å². The Balaban J connectivity index is 4.15. The van der Waals surface area contributed by atoms with Crippen LogP contribution in [0.5, 0.6) is 0 Å². The quantitative estimate of drug-likeness (QED) is 0.0268. The summed E-state index contributed by atoms with van der Waals surface area (Å²) in [7, 11) is -4.38. The maximum Gasteiger partial charge on any atom is 0.472 e. The number of ether oxygens (including phenoxy) is 2. The van der Waals surface area contributed by atoms with Gasteiger partial charge in [-0.25, -0.2) is 4.57 Å². The number of phosphoric acid groups is 1. The van der Waals surface area contributed by atoms with E-state index in [1.165, 1.54) is 122 Å². The third-order valence-corrected chi connectivity index (χ3v) is 10.5. The van der Waals surface area contributed by atoms with Crippen molar-refractivity contribution in [1.29, 1.82) is 0 Å². The van der Waals surface area contributed by atoms with Gasteiger partial charge >= 0.3 is 19.8 Å². The number of unbranched alkanes of at least 4 members (excludes halogenated alkanes) is 23. The fourth-order valence-electron chi connectivity index (χ4n) is 6.17. The number of esters is 2. The van der Waals surface area contributed by atoms with E-state index >= 15 is 0 Å². The maximum absolute atomic E-state index is 12.6. The van der Waals surface area contributed by atoms with Gasteiger partial charge in [-0.3, -0.25) is 18.6 Å². The summed E-state index contributed by atoms with van der Waals surface area (Å²) < 4.78 is 32.8. The molecule has 0 aromatic carbocycles. The van der Waals surface area contributed by atoms with E-state index in [0.717, 1.165) is 44.9 Å². The van der Waals surface area contributed by atoms with Crippen LogP contribution in [0, 0.1) is 0 Å². The SMILES string of the molecule is CCCCCC=CCC=CCC=CCCCCC(=O)OC[C@H](COP(=O)(O)OCCN)OC(=O)CCCCCCCCCCCCCCCCCCCCC. The molecule has 0 saturated carbocycles. The molecule has 0 saturated heterocycles. The third kappa shape index (κ3) is 41.7. The Morgan fingerprint density at radius 1 is 0.545 bits per heavy atom. The van der Waals surface area contributed by atoms with Crippen LogP contribution in [0.2, 0.25) is 0 Å². The second kappa shape index (κ2) is 41.9. The lowest BCUT2D eigenvalue weighted by Crippen LogP contribution is -2.29. The second-order valence-electron chi connectivity index (χ2n) is 14.9. The largest absolute Gasteiger partial charge is 0.472 e. The van der Waals surface area contributed by atoms with Gasteiger partial charge < -0.3 is 20.1 Å². The molecule has 0 rings (SSSR count). The first-order chi connectivity index (χ1) is 26.8. The van der Waals surface area contributed by atoms with Crippen molar-refractivity contribution in [1.82, 2.24) is 0 Å². The van der Waals surface area contributed by atoms with E-state index in [-0.39, 0.29) is 32.6 Å². The minimum absolute atomic E-state index is 0.0489. The lowest BCUT2D eigenvalue weighted by molar-refractivity contribution is -0.161. The molecule has 0 spiro atoms. The van der Waals surface area contributed by atoms with Crippen LogP contribution in [0.4, 0.5) is 0 Å². The van der Waals surface area contributed by atoms with Gasteiger partial charge in [-0.05, 0) is 51.4 Å². The van der Waals surface area contributed by atoms with Crippen molar-refractivity contribution in [2.24, 2.45) is 5.73 Å². The molecule has 0 aliphatic carbocycles. The molecule has 322 valence electrons. The van der Waals surface area contributed by atoms with E-state index in [0.29, 0.717) is 12.8 Å². The lowest BCUT2D eigenvalue weighted by Gasteiger charge is -2.19. The third-order valence-electron chi connectivity index (χ3n) is 9.53. The molecular formula is C45H84NO8P. The molecule has 1 unspecified atom stereocenters. The summed E-state index contributed by atoms with van der Waals surface area (Å²) in [6.07, 6.45) is 46.1. The molecule has 55 heavy (non-hydrogen) atoms. The van der Waals surface area contributed by atoms with Crippen LogP contribution in [-0.4, -0.2) is 49.3 Å². The summed E-state index contributed by atoms with van der Waals surface area (Å²) in [5, 5.41) is 0. The molecule has 9 nitrogen and oxygen atoms in total. The van der Waals surface area contributed by atoms with Crippen molar-refractivity contribution in [2.45, 2.75) is 213 Å². The van der Waals surface area contributed by atoms with Crippen molar-refractivity contribution < 1.29 is 37.6 Å². The van der Waals surface area contributed by atoms with Crippen LogP contribution in [0.15, 0.2) is 36.5 Å². The molecule has 0 radical (unpaired) electrons. The number of carbonyl (C=O) groups excluding carboxylic acids is 2. The predicted molar refractivity (Wildman–Crippen MR) is 229 cm³/mol. The van der Waals surface area contributed by atoms with E-state index in [1.807, 2.05) is 0 Å². The number of hydrogen-bond acceptors (Lipinski definition) is 8. The Labute approximate surface area is 337 Å². The Bertz CT molecular complexity index is 1000. The van der Waals surface area contributed by atoms with Gasteiger partial charge in [0.05, 0.1) is 13.2 Å². The zero-order valence-electron chi connectivity index (χ0n) is 35.4. The first kappa shape index (κ1) is 53.2. The van der Waals surface area contributed by atoms with Gasteiger partial charge in [0.1, 0.15) is 6.61 Å². The molecule has 0 fully saturated rings. The molecule has 0 amide bonds. The monoisotopic (exact) mass is 798 g/mol. The Kier molecular flexibility index (Phi) is 40.5. The zero-order chi connectivity index (χ0) is 40.3. The van der Waals surface area contributed by atoms with E-state index in [4.69, 9.17) is 24.3 Å². The summed E-state index contributed by atoms with van der Waals surface area (Å²) in [4.78, 5) is 34.9. The molecule has 0 bridgehead atoms. The van der Waals surface area contributed by atoms with Gasteiger partial charge in [0.15, 0.2) is 6.10 Å². The van der Waals surface area contributed by atoms with Gasteiger partial charge in [0, 0.05) is 19.4 Å². The van der Waals surface area contributed by atoms with Crippen LogP contribution >= 0.6 is 7.82 Å². The smallest absolute Gasteiger partial charge is 0.462 e. The molecule has 0 heterocycles. The normalized spacial score (nSPS) is 13.6. The molecule has 2 atom stereocenters. The van der Waals surface area contributed by atoms with Gasteiger partial charge in [-0.1, -0.05) is 179 Å². The number of allylic oxidation sites excluding steroid dienone is 6. The number of carbonyl (C=O) groups is 2. The summed E-state index contributed by atoms with van der Waals surface area (Å²) in [5.74, 6) is -0.867. The van der Waals surface area contributed by atoms with Crippen LogP contribution in [0.1, 0.15) is 206 Å². The van der Waals surface area contributed by atoms with Gasteiger partial charge in [0.25, 0.3) is 0 Å². The summed E-state index contributed by atoms with van der Waals surface area (Å²) in [6.45, 7) is 3.68. The van der Waals surface area contributed by atoms with Gasteiger partial charge in [0.2, 0.25) is 0 Å². The zero-order valence-corrected chi connectivity index (χ0v) is 36.3. The van der Waals surface area contributed by atoms with Crippen molar-refractivity contribution in [3.05, 3.63) is 36.5 Å². The number of nitrogens with two attached hydrogens (primary N) is 1. The molecule has 0 aromatic heterocycles. The summed E-state index contributed by atoms with van der Waals surface area (Å²) in [5.41, 5.74) is 5.35. The summed E-state index contributed by atoms with van der Waals surface area (Å²) in [6, 6.07) is 0. The first-order valence-corrected chi connectivity index (χ1v) is 24.0. The van der Waals surface area contributed by atoms with Crippen molar-refractivity contribution in [3.8, 4) is 0 Å². The minimum Gasteiger partial charge on any atom is -0.462 e. The van der Waals surface area contributed by atoms with Crippen LogP contribution in [0.3, 0.4) is 0 Å². The van der Waals surface area contributed by atoms with Crippen molar-refractivity contribution in [2.75, 3.05) is 26.4 Å². The molecule has 3 N–H and O–H groups in total. The van der Waals surface area contributed by atoms with Gasteiger partial charge in [-0.15, -0.1) is 0 Å². The van der Waals surface area contributed by atoms with Crippen LogP contribution in [0.25, 0.3) is 0 Å². The standard InChI is InChI=1S/C45H84NO8P/c1-3-5-7-9-11-13-15-17-19-20-21-22-24-26-28-30-32-34-36-38-45(48)54-43(42-53-55(49,50)52-40-39-46)41-51-44(47)37-35-33-31-29-27-25-23-18-16-14-12-10-8-6-4-2/h12,14,18,23,27,29,43H,3-11,13,15-17,19-22,24-26,28,30-42,46H2,1-2H3,(H,49,50)/t43-/m1/s1. The molecule has 0 aromatic rings. The van der Waals surface area contributed by atoms with E-state index < -0.39 is 32.5 Å². The highest BCUT2D eigenvalue weighted by molar-refractivity contribution is 7.47. The summed E-state index contributed by atoms with van der Waals surface area (Å²) >= 11 is 0. The highest BCUT2D eigenvalue weighted by Gasteiger charge is 2.26. The molecule has 10 heteroatoms. The van der Waals surface area contributed by atoms with E-state index in [9.17, 15) is 19.0 Å². The van der Waals surface area contributed by atoms with Gasteiger partial charge in [-0.2, -0.15) is 0 Å². The molecular weight excluding hydrogens is 713 g/mol. The minimum atomic E-state index is -4.38. The number of hydrogen-bond donors (Lipinski definition) is 2. The Morgan fingerprint density at radius 2 is 0.945 bits per heavy atom. The lowest BCUT2D eigenvalue weighted by atomic mass is 10.0. The first-order valence-electron chi connectivity index (χ1n) is 22.5. The number of rotatable bonds is 42. The van der Waals surface area contributed by atoms with Crippen molar-refractivity contribution >= 4 is 19.8 Å². The van der Waals surface area contributed by atoms with Crippen molar-refractivity contribution in [3.63, 3.8) is 0 Å². The van der Waals surface area contributed by atoms with Crippen LogP contribution < -0.4 is 5.73 Å². The Morgan fingerprint density at radius 3 is 1.44 bits per heavy atom. The fourth-order valence-corrected chi connectivity index (χ4v) is 6.94. The van der Waals surface area contributed by atoms with Crippen LogP contribution in [-0.2, 0) is 32.7 Å². The maximum atomic E-state index is 12.6. The van der Waals surface area contributed by atoms with E-state index in [2.05, 4.69) is 50.3 Å². The fraction of sp³-hybridized carbons (Fsp3) is 0.822. The van der Waals surface area contributed by atoms with E-state index in [1.54, 1.807) is 0 Å². The Hall–Kier alpha value is -1.77. The molecule has 0 aliphatic heterocycles. The molecule has 0 aliphatic rings. The second-order valence-corrected chi connectivity index (χ2v) is 16.4. The highest BCUT2D eigenvalue weighted by Crippen LogP contribution is 2.43. The average Bonchev–Trinajstić information content (AvgIpc) is 3.17. The highest BCUT2D eigenvalue weighted by atomic mass is 31.2. The number of phosphoric ester groups is 1. The average molecular weight is 798 g/mol.